The first-order chi connectivity index (χ1) is 9.01. The molecule has 0 saturated heterocycles. The van der Waals surface area contributed by atoms with Gasteiger partial charge in [-0.1, -0.05) is 6.92 Å². The lowest BCUT2D eigenvalue weighted by atomic mass is 10.1. The lowest BCUT2D eigenvalue weighted by molar-refractivity contribution is -0.113. The Balaban J connectivity index is 2.95. The van der Waals surface area contributed by atoms with Crippen molar-refractivity contribution in [3.05, 3.63) is 23.8 Å². The molecule has 0 radical (unpaired) electrons. The van der Waals surface area contributed by atoms with E-state index in [-0.39, 0.29) is 0 Å². The Labute approximate surface area is 116 Å². The van der Waals surface area contributed by atoms with Crippen molar-refractivity contribution < 1.29 is 19.1 Å². The fraction of sp³-hybridized carbons (Fsp3) is 0.385. The van der Waals surface area contributed by atoms with Crippen molar-refractivity contribution in [2.75, 3.05) is 14.2 Å². The molecule has 1 N–H and O–H groups in total. The molecule has 104 valence electrons. The molecule has 0 aliphatic rings. The average molecular weight is 286 g/mol. The number of hydrogen-bond donors (Lipinski definition) is 1. The third kappa shape index (κ3) is 4.13. The van der Waals surface area contributed by atoms with E-state index in [1.54, 1.807) is 25.1 Å². The molecule has 5 nitrogen and oxygen atoms in total. The quantitative estimate of drug-likeness (QED) is 0.812. The molecule has 1 unspecified atom stereocenters. The summed E-state index contributed by atoms with van der Waals surface area (Å²) in [6.45, 7) is 1.76. The van der Waals surface area contributed by atoms with Crippen molar-refractivity contribution in [3.8, 4) is 11.5 Å². The van der Waals surface area contributed by atoms with Crippen LogP contribution in [-0.2, 0) is 4.79 Å². The standard InChI is InChI=1S/C13H16ClNO4/c1-4-11(12(14)16)15-13(17)8-5-9(18-2)7-10(6-8)19-3/h5-7,11H,4H2,1-3H3,(H,15,17). The van der Waals surface area contributed by atoms with Crippen LogP contribution >= 0.6 is 11.6 Å². The van der Waals surface area contributed by atoms with Crippen LogP contribution in [0.3, 0.4) is 0 Å². The van der Waals surface area contributed by atoms with Crippen LogP contribution in [-0.4, -0.2) is 31.4 Å². The molecule has 0 spiro atoms. The van der Waals surface area contributed by atoms with Gasteiger partial charge in [-0.25, -0.2) is 0 Å². The Hall–Kier alpha value is -1.75. The van der Waals surface area contributed by atoms with Crippen molar-refractivity contribution in [2.24, 2.45) is 0 Å². The summed E-state index contributed by atoms with van der Waals surface area (Å²) in [5, 5.41) is 1.96. The van der Waals surface area contributed by atoms with Gasteiger partial charge in [0.05, 0.1) is 14.2 Å². The van der Waals surface area contributed by atoms with Crippen molar-refractivity contribution in [2.45, 2.75) is 19.4 Å². The number of hydrogen-bond acceptors (Lipinski definition) is 4. The summed E-state index contributed by atoms with van der Waals surface area (Å²) in [4.78, 5) is 23.1. The van der Waals surface area contributed by atoms with E-state index in [0.29, 0.717) is 23.5 Å². The van der Waals surface area contributed by atoms with Crippen molar-refractivity contribution in [1.82, 2.24) is 5.32 Å². The molecule has 0 aliphatic heterocycles. The highest BCUT2D eigenvalue weighted by molar-refractivity contribution is 6.64. The molecular weight excluding hydrogens is 270 g/mol. The van der Waals surface area contributed by atoms with Crippen molar-refractivity contribution in [1.29, 1.82) is 0 Å². The normalized spacial score (nSPS) is 11.6. The summed E-state index contributed by atoms with van der Waals surface area (Å²) in [7, 11) is 2.99. The van der Waals surface area contributed by atoms with Gasteiger partial charge in [0.15, 0.2) is 0 Å². The molecule has 6 heteroatoms. The number of amides is 1. The maximum Gasteiger partial charge on any atom is 0.252 e. The van der Waals surface area contributed by atoms with Gasteiger partial charge >= 0.3 is 0 Å². The number of benzene rings is 1. The number of ether oxygens (including phenoxy) is 2. The van der Waals surface area contributed by atoms with Crippen LogP contribution in [0.4, 0.5) is 0 Å². The molecule has 1 rings (SSSR count). The van der Waals surface area contributed by atoms with Crippen LogP contribution in [0.25, 0.3) is 0 Å². The molecule has 0 bridgehead atoms. The van der Waals surface area contributed by atoms with Gasteiger partial charge in [-0.05, 0) is 30.2 Å². The topological polar surface area (TPSA) is 64.6 Å². The second-order valence-electron chi connectivity index (χ2n) is 3.84. The van der Waals surface area contributed by atoms with E-state index in [9.17, 15) is 9.59 Å². The van der Waals surface area contributed by atoms with Gasteiger partial charge in [-0.2, -0.15) is 0 Å². The van der Waals surface area contributed by atoms with Gasteiger partial charge in [0, 0.05) is 11.6 Å². The van der Waals surface area contributed by atoms with Crippen LogP contribution in [0, 0.1) is 0 Å². The lowest BCUT2D eigenvalue weighted by Gasteiger charge is -2.13. The smallest absolute Gasteiger partial charge is 0.252 e. The molecule has 0 saturated carbocycles. The minimum absolute atomic E-state index is 0.340. The summed E-state index contributed by atoms with van der Waals surface area (Å²) in [5.41, 5.74) is 0.340. The Morgan fingerprint density at radius 3 is 2.11 bits per heavy atom. The van der Waals surface area contributed by atoms with Crippen LogP contribution in [0.15, 0.2) is 18.2 Å². The summed E-state index contributed by atoms with van der Waals surface area (Å²) in [6.07, 6.45) is 0.426. The minimum Gasteiger partial charge on any atom is -0.497 e. The molecule has 1 aromatic rings. The summed E-state index contributed by atoms with van der Waals surface area (Å²) < 4.78 is 10.1. The zero-order valence-electron chi connectivity index (χ0n) is 11.0. The Morgan fingerprint density at radius 1 is 1.21 bits per heavy atom. The lowest BCUT2D eigenvalue weighted by Crippen LogP contribution is -2.38. The number of methoxy groups -OCH3 is 2. The van der Waals surface area contributed by atoms with E-state index in [0.717, 1.165) is 0 Å². The monoisotopic (exact) mass is 285 g/mol. The van der Waals surface area contributed by atoms with Gasteiger partial charge in [0.1, 0.15) is 17.5 Å². The van der Waals surface area contributed by atoms with E-state index in [4.69, 9.17) is 21.1 Å². The first kappa shape index (κ1) is 15.3. The van der Waals surface area contributed by atoms with Gasteiger partial charge in [0.25, 0.3) is 5.91 Å². The van der Waals surface area contributed by atoms with Crippen molar-refractivity contribution in [3.63, 3.8) is 0 Å². The van der Waals surface area contributed by atoms with Crippen LogP contribution in [0.1, 0.15) is 23.7 Å². The molecule has 0 fully saturated rings. The molecule has 0 heterocycles. The molecular formula is C13H16ClNO4. The van der Waals surface area contributed by atoms with E-state index in [1.807, 2.05) is 0 Å². The third-order valence-corrected chi connectivity index (χ3v) is 2.86. The third-order valence-electron chi connectivity index (χ3n) is 2.60. The van der Waals surface area contributed by atoms with Crippen molar-refractivity contribution >= 4 is 22.8 Å². The minimum atomic E-state index is -0.702. The highest BCUT2D eigenvalue weighted by Gasteiger charge is 2.18. The predicted octanol–water partition coefficient (Wildman–Crippen LogP) is 1.98. The number of halogens is 1. The molecule has 0 aromatic heterocycles. The van der Waals surface area contributed by atoms with Gasteiger partial charge in [-0.3, -0.25) is 9.59 Å². The summed E-state index contributed by atoms with van der Waals surface area (Å²) in [6, 6.07) is 4.07. The Morgan fingerprint density at radius 2 is 1.74 bits per heavy atom. The highest BCUT2D eigenvalue weighted by atomic mass is 35.5. The summed E-state index contributed by atoms with van der Waals surface area (Å²) >= 11 is 5.39. The average Bonchev–Trinajstić information content (AvgIpc) is 2.43. The van der Waals surface area contributed by atoms with E-state index in [2.05, 4.69) is 5.32 Å². The number of carbonyl (C=O) groups excluding carboxylic acids is 2. The number of carbonyl (C=O) groups is 2. The zero-order valence-corrected chi connectivity index (χ0v) is 11.8. The fourth-order valence-corrected chi connectivity index (χ4v) is 1.71. The number of rotatable bonds is 6. The second kappa shape index (κ2) is 6.99. The second-order valence-corrected chi connectivity index (χ2v) is 4.21. The maximum absolute atomic E-state index is 12.0. The Bertz CT molecular complexity index is 453. The highest BCUT2D eigenvalue weighted by Crippen LogP contribution is 2.22. The molecule has 0 aliphatic carbocycles. The molecule has 1 atom stereocenters. The van der Waals surface area contributed by atoms with E-state index < -0.39 is 17.2 Å². The molecule has 1 amide bonds. The summed E-state index contributed by atoms with van der Waals surface area (Å²) in [5.74, 6) is 0.586. The number of nitrogens with one attached hydrogen (secondary N) is 1. The molecule has 1 aromatic carbocycles. The van der Waals surface area contributed by atoms with Gasteiger partial charge < -0.3 is 14.8 Å². The predicted molar refractivity (Wildman–Crippen MR) is 72.0 cm³/mol. The van der Waals surface area contributed by atoms with Crippen LogP contribution in [0.5, 0.6) is 11.5 Å². The van der Waals surface area contributed by atoms with Crippen LogP contribution in [0.2, 0.25) is 0 Å². The van der Waals surface area contributed by atoms with E-state index >= 15 is 0 Å². The van der Waals surface area contributed by atoms with Gasteiger partial charge in [0.2, 0.25) is 5.24 Å². The molecule has 19 heavy (non-hydrogen) atoms. The maximum atomic E-state index is 12.0. The SMILES string of the molecule is CCC(NC(=O)c1cc(OC)cc(OC)c1)C(=O)Cl. The first-order valence-corrected chi connectivity index (χ1v) is 6.12. The van der Waals surface area contributed by atoms with Gasteiger partial charge in [-0.15, -0.1) is 0 Å². The fourth-order valence-electron chi connectivity index (χ4n) is 1.50. The first-order valence-electron chi connectivity index (χ1n) is 5.75. The van der Waals surface area contributed by atoms with E-state index in [1.165, 1.54) is 14.2 Å². The van der Waals surface area contributed by atoms with Crippen LogP contribution < -0.4 is 14.8 Å². The Kier molecular flexibility index (Phi) is 5.63. The zero-order chi connectivity index (χ0) is 14.4. The largest absolute Gasteiger partial charge is 0.497 e.